The van der Waals surface area contributed by atoms with E-state index in [1.54, 1.807) is 5.56 Å². The van der Waals surface area contributed by atoms with Crippen molar-refractivity contribution >= 4 is 0 Å². The standard InChI is InChI=1S/C29H26N/c1-19-9-14-25-24-8-4-7-22-6-3-5-20-10-12-21(13-11-20)23-15-16-30(2)28(17-23)29(19)27(25)18-26(22)24/h4,7-17H,3,5-6,18H2,1-2H3/q+1. The fourth-order valence-electron chi connectivity index (χ4n) is 5.41. The third kappa shape index (κ3) is 2.65. The van der Waals surface area contributed by atoms with Gasteiger partial charge in [-0.1, -0.05) is 54.6 Å². The molecular weight excluding hydrogens is 362 g/mol. The highest BCUT2D eigenvalue weighted by Crippen LogP contribution is 2.44. The fourth-order valence-corrected chi connectivity index (χ4v) is 5.41. The first-order valence-electron chi connectivity index (χ1n) is 11.0. The first-order valence-corrected chi connectivity index (χ1v) is 11.0. The van der Waals surface area contributed by atoms with E-state index in [-0.39, 0.29) is 0 Å². The Hall–Kier alpha value is -3.19. The zero-order valence-electron chi connectivity index (χ0n) is 17.7. The number of rotatable bonds is 0. The molecule has 3 aliphatic carbocycles. The van der Waals surface area contributed by atoms with Crippen molar-refractivity contribution in [1.82, 2.24) is 0 Å². The summed E-state index contributed by atoms with van der Waals surface area (Å²) in [5.74, 6) is 0. The summed E-state index contributed by atoms with van der Waals surface area (Å²) in [4.78, 5) is 0. The first kappa shape index (κ1) is 17.7. The Balaban J connectivity index is 1.66. The molecule has 0 radical (unpaired) electrons. The molecule has 7 rings (SSSR count). The highest BCUT2D eigenvalue weighted by molar-refractivity contribution is 5.86. The van der Waals surface area contributed by atoms with Crippen LogP contribution in [0.1, 0.15) is 34.2 Å². The van der Waals surface area contributed by atoms with Crippen LogP contribution >= 0.6 is 0 Å². The van der Waals surface area contributed by atoms with Crippen LogP contribution in [-0.2, 0) is 26.3 Å². The minimum Gasteiger partial charge on any atom is -0.201 e. The maximum atomic E-state index is 2.38. The van der Waals surface area contributed by atoms with Crippen molar-refractivity contribution in [3.05, 3.63) is 101 Å². The van der Waals surface area contributed by atoms with Gasteiger partial charge < -0.3 is 0 Å². The molecule has 6 bridgehead atoms. The number of aromatic nitrogens is 1. The van der Waals surface area contributed by atoms with Crippen molar-refractivity contribution in [2.75, 3.05) is 0 Å². The van der Waals surface area contributed by atoms with Gasteiger partial charge >= 0.3 is 0 Å². The predicted octanol–water partition coefficient (Wildman–Crippen LogP) is 6.21. The summed E-state index contributed by atoms with van der Waals surface area (Å²) in [7, 11) is 2.17. The van der Waals surface area contributed by atoms with Gasteiger partial charge in [-0.2, -0.15) is 0 Å². The molecule has 30 heavy (non-hydrogen) atoms. The van der Waals surface area contributed by atoms with Gasteiger partial charge in [0.1, 0.15) is 7.05 Å². The molecule has 1 heterocycles. The third-order valence-corrected chi connectivity index (χ3v) is 7.04. The third-order valence-electron chi connectivity index (χ3n) is 7.04. The quantitative estimate of drug-likeness (QED) is 0.278. The average molecular weight is 389 g/mol. The molecule has 4 aromatic rings. The Morgan fingerprint density at radius 2 is 1.60 bits per heavy atom. The van der Waals surface area contributed by atoms with Gasteiger partial charge in [-0.3, -0.25) is 0 Å². The first-order chi connectivity index (χ1) is 14.7. The number of hydrogen-bond acceptors (Lipinski definition) is 0. The molecule has 0 fully saturated rings. The van der Waals surface area contributed by atoms with Gasteiger partial charge in [-0.05, 0) is 82.7 Å². The minimum atomic E-state index is 1.05. The molecule has 3 aliphatic rings. The summed E-state index contributed by atoms with van der Waals surface area (Å²) in [6.07, 6.45) is 6.74. The maximum absolute atomic E-state index is 2.38. The lowest BCUT2D eigenvalue weighted by Crippen LogP contribution is -2.31. The normalized spacial score (nSPS) is 13.8. The number of fused-ring (bicyclic) bond motifs is 5. The van der Waals surface area contributed by atoms with Crippen LogP contribution in [-0.4, -0.2) is 0 Å². The van der Waals surface area contributed by atoms with Crippen LogP contribution in [0.25, 0.3) is 33.5 Å². The zero-order valence-corrected chi connectivity index (χ0v) is 17.7. The van der Waals surface area contributed by atoms with Crippen molar-refractivity contribution in [2.24, 2.45) is 7.05 Å². The Morgan fingerprint density at radius 3 is 2.47 bits per heavy atom. The highest BCUT2D eigenvalue weighted by atomic mass is 14.9. The molecule has 3 aromatic carbocycles. The molecule has 0 aliphatic heterocycles. The van der Waals surface area contributed by atoms with Crippen molar-refractivity contribution in [2.45, 2.75) is 32.6 Å². The largest absolute Gasteiger partial charge is 0.213 e. The number of aryl methyl sites for hydroxylation is 4. The number of nitrogens with zero attached hydrogens (tertiary/aromatic N) is 1. The molecule has 0 N–H and O–H groups in total. The summed E-state index contributed by atoms with van der Waals surface area (Å²) in [5, 5.41) is 0. The van der Waals surface area contributed by atoms with E-state index in [0.29, 0.717) is 0 Å². The van der Waals surface area contributed by atoms with Crippen LogP contribution in [0.5, 0.6) is 0 Å². The zero-order chi connectivity index (χ0) is 20.2. The number of pyridine rings is 1. The van der Waals surface area contributed by atoms with Gasteiger partial charge in [0.25, 0.3) is 0 Å². The van der Waals surface area contributed by atoms with Crippen LogP contribution in [0.2, 0.25) is 0 Å². The minimum absolute atomic E-state index is 1.05. The molecule has 1 nitrogen and oxygen atoms in total. The summed E-state index contributed by atoms with van der Waals surface area (Å²) in [6, 6.07) is 25.4. The second-order valence-electron chi connectivity index (χ2n) is 8.87. The number of hydrogen-bond donors (Lipinski definition) is 0. The van der Waals surface area contributed by atoms with Crippen molar-refractivity contribution in [1.29, 1.82) is 0 Å². The van der Waals surface area contributed by atoms with Gasteiger partial charge in [-0.25, -0.2) is 4.57 Å². The molecule has 0 amide bonds. The topological polar surface area (TPSA) is 3.88 Å². The van der Waals surface area contributed by atoms with E-state index in [2.05, 4.69) is 91.5 Å². The summed E-state index contributed by atoms with van der Waals surface area (Å²) in [5.41, 5.74) is 15.5. The average Bonchev–Trinajstić information content (AvgIpc) is 3.14. The molecule has 1 aromatic heterocycles. The Bertz CT molecular complexity index is 1290. The van der Waals surface area contributed by atoms with Crippen LogP contribution < -0.4 is 4.57 Å². The van der Waals surface area contributed by atoms with Gasteiger partial charge in [0, 0.05) is 12.1 Å². The van der Waals surface area contributed by atoms with Gasteiger partial charge in [0.2, 0.25) is 5.69 Å². The van der Waals surface area contributed by atoms with E-state index >= 15 is 0 Å². The molecular formula is C29H26N+. The predicted molar refractivity (Wildman–Crippen MR) is 123 cm³/mol. The van der Waals surface area contributed by atoms with Gasteiger partial charge in [0.15, 0.2) is 6.20 Å². The monoisotopic (exact) mass is 388 g/mol. The van der Waals surface area contributed by atoms with Crippen LogP contribution in [0.4, 0.5) is 0 Å². The Kier molecular flexibility index (Phi) is 3.92. The van der Waals surface area contributed by atoms with E-state index in [9.17, 15) is 0 Å². The van der Waals surface area contributed by atoms with E-state index in [4.69, 9.17) is 0 Å². The van der Waals surface area contributed by atoms with E-state index in [1.165, 1.54) is 62.2 Å². The second kappa shape index (κ2) is 6.67. The lowest BCUT2D eigenvalue weighted by Gasteiger charge is -2.12. The van der Waals surface area contributed by atoms with Gasteiger partial charge in [0.05, 0.1) is 5.56 Å². The lowest BCUT2D eigenvalue weighted by atomic mass is 9.92. The van der Waals surface area contributed by atoms with E-state index in [0.717, 1.165) is 19.3 Å². The van der Waals surface area contributed by atoms with Crippen molar-refractivity contribution in [3.8, 4) is 33.5 Å². The van der Waals surface area contributed by atoms with Crippen LogP contribution in [0.15, 0.2) is 72.9 Å². The SMILES string of the molecule is Cc1ccc2c3c1-c1cc(cc[n+]1C)-c1ccc(cc1)CCCc1cccc-2c1C3. The molecule has 146 valence electrons. The van der Waals surface area contributed by atoms with Crippen LogP contribution in [0.3, 0.4) is 0 Å². The fraction of sp³-hybridized carbons (Fsp3) is 0.207. The van der Waals surface area contributed by atoms with E-state index in [1.807, 2.05) is 0 Å². The van der Waals surface area contributed by atoms with Crippen LogP contribution in [0, 0.1) is 6.92 Å². The summed E-state index contributed by atoms with van der Waals surface area (Å²) in [6.45, 7) is 2.26. The van der Waals surface area contributed by atoms with Gasteiger partial charge in [-0.15, -0.1) is 0 Å². The lowest BCUT2D eigenvalue weighted by molar-refractivity contribution is -0.660. The smallest absolute Gasteiger partial charge is 0.201 e. The number of benzene rings is 3. The molecule has 0 spiro atoms. The highest BCUT2D eigenvalue weighted by Gasteiger charge is 2.28. The Morgan fingerprint density at radius 1 is 0.767 bits per heavy atom. The van der Waals surface area contributed by atoms with E-state index < -0.39 is 0 Å². The molecule has 0 saturated heterocycles. The molecule has 0 atom stereocenters. The molecule has 1 heteroatoms. The van der Waals surface area contributed by atoms with Crippen molar-refractivity contribution in [3.63, 3.8) is 0 Å². The summed E-state index contributed by atoms with van der Waals surface area (Å²) >= 11 is 0. The van der Waals surface area contributed by atoms with Crippen molar-refractivity contribution < 1.29 is 4.57 Å². The molecule has 0 saturated carbocycles. The maximum Gasteiger partial charge on any atom is 0.213 e. The second-order valence-corrected chi connectivity index (χ2v) is 8.87. The molecule has 0 unspecified atom stereocenters. The Labute approximate surface area is 178 Å². The summed E-state index contributed by atoms with van der Waals surface area (Å²) < 4.78 is 2.28.